The molecule has 0 N–H and O–H groups in total. The summed E-state index contributed by atoms with van der Waals surface area (Å²) in [5, 5.41) is 4.57. The number of hydrogen-bond donors (Lipinski definition) is 0. The fourth-order valence-electron chi connectivity index (χ4n) is 5.75. The van der Waals surface area contributed by atoms with Crippen molar-refractivity contribution >= 4 is 18.0 Å². The standard InChI is InChI=1S/C38H40F4N6O3S/c1-4-46(5-2)18-19-47(23-27-6-10-30(11-7-27)31-12-16-34(17-13-31)51-38(40,41)42)35(25-49)48-24-32(20-29-21-43-45(3)22-29)36(50)44-37(48)52-26-28-8-14-33(39)15-9-28/h6-17,21-22,24-25,35H,4-5,18-20,23,26H2,1-3H3. The first kappa shape index (κ1) is 38.4. The second kappa shape index (κ2) is 17.6. The monoisotopic (exact) mass is 736 g/mol. The molecule has 52 heavy (non-hydrogen) atoms. The number of aromatic nitrogens is 4. The number of likely N-dealkylation sites (N-methyl/N-ethyl adjacent to an activating group) is 1. The van der Waals surface area contributed by atoms with Crippen LogP contribution in [0.5, 0.6) is 5.75 Å². The molecular weight excluding hydrogens is 697 g/mol. The van der Waals surface area contributed by atoms with E-state index in [2.05, 4.69) is 33.6 Å². The zero-order valence-electron chi connectivity index (χ0n) is 29.1. The van der Waals surface area contributed by atoms with Crippen LogP contribution in [0, 0.1) is 5.82 Å². The first-order chi connectivity index (χ1) is 24.9. The third-order valence-corrected chi connectivity index (χ3v) is 9.60. The van der Waals surface area contributed by atoms with E-state index in [0.29, 0.717) is 41.7 Å². The number of alkyl halides is 3. The van der Waals surface area contributed by atoms with Gasteiger partial charge in [0.25, 0.3) is 5.56 Å². The minimum Gasteiger partial charge on any atom is -0.406 e. The Balaban J connectivity index is 1.47. The normalized spacial score (nSPS) is 12.4. The summed E-state index contributed by atoms with van der Waals surface area (Å²) in [4.78, 5) is 35.3. The summed E-state index contributed by atoms with van der Waals surface area (Å²) in [5.41, 5.74) is 4.07. The van der Waals surface area contributed by atoms with Gasteiger partial charge in [-0.15, -0.1) is 13.2 Å². The molecule has 0 fully saturated rings. The van der Waals surface area contributed by atoms with Crippen molar-refractivity contribution in [3.8, 4) is 16.9 Å². The third-order valence-electron chi connectivity index (χ3n) is 8.56. The van der Waals surface area contributed by atoms with E-state index in [-0.39, 0.29) is 18.0 Å². The van der Waals surface area contributed by atoms with Gasteiger partial charge in [-0.05, 0) is 65.2 Å². The van der Waals surface area contributed by atoms with Gasteiger partial charge in [0.2, 0.25) is 0 Å². The Morgan fingerprint density at radius 3 is 2.10 bits per heavy atom. The number of thioether (sulfide) groups is 1. The van der Waals surface area contributed by atoms with E-state index in [4.69, 9.17) is 0 Å². The molecule has 0 amide bonds. The lowest BCUT2D eigenvalue weighted by molar-refractivity contribution is -0.274. The van der Waals surface area contributed by atoms with E-state index < -0.39 is 18.1 Å². The van der Waals surface area contributed by atoms with Crippen molar-refractivity contribution in [3.05, 3.63) is 130 Å². The molecule has 1 unspecified atom stereocenters. The number of nitrogens with zero attached hydrogens (tertiary/aromatic N) is 6. The Hall–Kier alpha value is -4.79. The van der Waals surface area contributed by atoms with Gasteiger partial charge in [0.15, 0.2) is 11.4 Å². The van der Waals surface area contributed by atoms with E-state index in [1.54, 1.807) is 53.0 Å². The van der Waals surface area contributed by atoms with Crippen molar-refractivity contribution in [1.82, 2.24) is 29.1 Å². The van der Waals surface area contributed by atoms with E-state index in [9.17, 15) is 27.2 Å². The lowest BCUT2D eigenvalue weighted by Crippen LogP contribution is -2.40. The highest BCUT2D eigenvalue weighted by Crippen LogP contribution is 2.29. The molecule has 3 aromatic carbocycles. The van der Waals surface area contributed by atoms with Crippen molar-refractivity contribution in [3.63, 3.8) is 0 Å². The van der Waals surface area contributed by atoms with Crippen LogP contribution in [0.3, 0.4) is 0 Å². The highest BCUT2D eigenvalue weighted by molar-refractivity contribution is 7.98. The van der Waals surface area contributed by atoms with Gasteiger partial charge in [-0.1, -0.05) is 74.1 Å². The van der Waals surface area contributed by atoms with Gasteiger partial charge in [-0.2, -0.15) is 10.1 Å². The Morgan fingerprint density at radius 1 is 0.885 bits per heavy atom. The second-order valence-corrected chi connectivity index (χ2v) is 13.1. The number of hydrogen-bond acceptors (Lipinski definition) is 8. The molecule has 0 aliphatic heterocycles. The van der Waals surface area contributed by atoms with Gasteiger partial charge in [0, 0.05) is 56.8 Å². The summed E-state index contributed by atoms with van der Waals surface area (Å²) in [6.07, 6.45) is 0.725. The Labute approximate surface area is 303 Å². The van der Waals surface area contributed by atoms with Crippen LogP contribution in [0.2, 0.25) is 0 Å². The topological polar surface area (TPSA) is 85.5 Å². The molecule has 9 nitrogen and oxygen atoms in total. The number of aldehydes is 1. The summed E-state index contributed by atoms with van der Waals surface area (Å²) in [6.45, 7) is 7.36. The first-order valence-corrected chi connectivity index (χ1v) is 17.8. The highest BCUT2D eigenvalue weighted by Gasteiger charge is 2.31. The summed E-state index contributed by atoms with van der Waals surface area (Å²) < 4.78 is 58.9. The molecule has 1 atom stereocenters. The lowest BCUT2D eigenvalue weighted by atomic mass is 10.0. The average molecular weight is 737 g/mol. The molecule has 0 saturated heterocycles. The number of ether oxygens (including phenoxy) is 1. The van der Waals surface area contributed by atoms with Crippen molar-refractivity contribution in [1.29, 1.82) is 0 Å². The second-order valence-electron chi connectivity index (χ2n) is 12.2. The largest absolute Gasteiger partial charge is 0.573 e. The number of carbonyl (C=O) groups is 1. The van der Waals surface area contributed by atoms with Gasteiger partial charge in [0.1, 0.15) is 17.7 Å². The maximum Gasteiger partial charge on any atom is 0.573 e. The quantitative estimate of drug-likeness (QED) is 0.0433. The van der Waals surface area contributed by atoms with Crippen molar-refractivity contribution in [2.75, 3.05) is 26.2 Å². The van der Waals surface area contributed by atoms with Crippen LogP contribution in [0.15, 0.2) is 101 Å². The predicted molar refractivity (Wildman–Crippen MR) is 192 cm³/mol. The molecule has 0 spiro atoms. The van der Waals surface area contributed by atoms with Crippen molar-refractivity contribution in [2.24, 2.45) is 7.05 Å². The molecule has 274 valence electrons. The Morgan fingerprint density at radius 2 is 1.52 bits per heavy atom. The van der Waals surface area contributed by atoms with Gasteiger partial charge in [-0.3, -0.25) is 19.2 Å². The predicted octanol–water partition coefficient (Wildman–Crippen LogP) is 7.11. The van der Waals surface area contributed by atoms with E-state index in [1.807, 2.05) is 35.4 Å². The van der Waals surface area contributed by atoms with Crippen LogP contribution in [-0.2, 0) is 30.6 Å². The molecule has 14 heteroatoms. The lowest BCUT2D eigenvalue weighted by Gasteiger charge is -2.33. The first-order valence-electron chi connectivity index (χ1n) is 16.8. The van der Waals surface area contributed by atoms with Crippen LogP contribution in [0.4, 0.5) is 17.6 Å². The highest BCUT2D eigenvalue weighted by atomic mass is 32.2. The van der Waals surface area contributed by atoms with Crippen LogP contribution >= 0.6 is 11.8 Å². The third kappa shape index (κ3) is 10.6. The summed E-state index contributed by atoms with van der Waals surface area (Å²) in [7, 11) is 1.79. The minimum absolute atomic E-state index is 0.276. The van der Waals surface area contributed by atoms with Gasteiger partial charge < -0.3 is 14.2 Å². The molecular formula is C38H40F4N6O3S. The fraction of sp³-hybridized carbons (Fsp3) is 0.316. The van der Waals surface area contributed by atoms with Crippen molar-refractivity contribution in [2.45, 2.75) is 50.3 Å². The molecule has 5 aromatic rings. The molecule has 0 saturated carbocycles. The number of carbonyl (C=O) groups excluding carboxylic acids is 1. The van der Waals surface area contributed by atoms with E-state index >= 15 is 0 Å². The zero-order chi connectivity index (χ0) is 37.3. The number of aryl methyl sites for hydroxylation is 1. The summed E-state index contributed by atoms with van der Waals surface area (Å²) in [6, 6.07) is 19.4. The van der Waals surface area contributed by atoms with Crippen LogP contribution in [-0.4, -0.2) is 68.0 Å². The van der Waals surface area contributed by atoms with Gasteiger partial charge in [-0.25, -0.2) is 4.39 Å². The average Bonchev–Trinajstić information content (AvgIpc) is 3.54. The van der Waals surface area contributed by atoms with Crippen LogP contribution in [0.1, 0.15) is 42.3 Å². The summed E-state index contributed by atoms with van der Waals surface area (Å²) >= 11 is 1.29. The zero-order valence-corrected chi connectivity index (χ0v) is 29.9. The molecule has 2 heterocycles. The van der Waals surface area contributed by atoms with Crippen LogP contribution < -0.4 is 10.3 Å². The fourth-order valence-corrected chi connectivity index (χ4v) is 6.70. The Bertz CT molecular complexity index is 1960. The molecule has 0 radical (unpaired) electrons. The smallest absolute Gasteiger partial charge is 0.406 e. The number of benzene rings is 3. The molecule has 0 aliphatic carbocycles. The maximum atomic E-state index is 13.6. The number of rotatable bonds is 17. The Kier molecular flexibility index (Phi) is 13.0. The molecule has 0 aliphatic rings. The summed E-state index contributed by atoms with van der Waals surface area (Å²) in [5.74, 6) is -0.257. The van der Waals surface area contributed by atoms with E-state index in [0.717, 1.165) is 41.6 Å². The van der Waals surface area contributed by atoms with Gasteiger partial charge >= 0.3 is 6.36 Å². The minimum atomic E-state index is -4.77. The molecule has 2 aromatic heterocycles. The number of halogens is 4. The SMILES string of the molecule is CCN(CC)CCN(Cc1ccc(-c2ccc(OC(F)(F)F)cc2)cc1)C(C=O)n1cc(Cc2cnn(C)c2)c(=O)nc1SCc1ccc(F)cc1. The molecule has 0 bridgehead atoms. The van der Waals surface area contributed by atoms with Crippen LogP contribution in [0.25, 0.3) is 11.1 Å². The maximum absolute atomic E-state index is 13.6. The molecule has 5 rings (SSSR count). The van der Waals surface area contributed by atoms with Crippen molar-refractivity contribution < 1.29 is 27.1 Å². The van der Waals surface area contributed by atoms with E-state index in [1.165, 1.54) is 36.0 Å². The van der Waals surface area contributed by atoms with Gasteiger partial charge in [0.05, 0.1) is 6.20 Å².